The standard InChI is InChI=1S/C27H27N5O4/c28-25(29)18-6-8-19(9-7-18)26(35)31-20-10-11-22-23(14-20)30-21(15-24(33)34)16-32(27(22)36)13-12-17-4-2-1-3-5-17/h1-11,14,21,30H,12-13,15-16H2,(H3,28,29)(H,31,35)(H,33,34). The molecular weight excluding hydrogens is 458 g/mol. The number of rotatable bonds is 8. The van der Waals surface area contributed by atoms with Crippen molar-refractivity contribution >= 4 is 35.0 Å². The Kier molecular flexibility index (Phi) is 7.29. The Balaban J connectivity index is 1.54. The van der Waals surface area contributed by atoms with Crippen LogP contribution in [0.25, 0.3) is 0 Å². The van der Waals surface area contributed by atoms with Crippen LogP contribution in [-0.4, -0.2) is 52.8 Å². The summed E-state index contributed by atoms with van der Waals surface area (Å²) in [5, 5.41) is 22.8. The molecule has 184 valence electrons. The lowest BCUT2D eigenvalue weighted by Gasteiger charge is -2.24. The number of aliphatic carboxylic acids is 1. The zero-order chi connectivity index (χ0) is 25.7. The smallest absolute Gasteiger partial charge is 0.305 e. The van der Waals surface area contributed by atoms with E-state index in [9.17, 15) is 19.5 Å². The number of carboxylic acid groups (broad SMARTS) is 1. The molecule has 9 nitrogen and oxygen atoms in total. The SMILES string of the molecule is N=C(N)c1ccc(C(=O)Nc2ccc3c(c2)NC(CC(=O)O)CN(CCc2ccccc2)C3=O)cc1. The molecule has 1 heterocycles. The summed E-state index contributed by atoms with van der Waals surface area (Å²) in [5.74, 6) is -1.61. The zero-order valence-electron chi connectivity index (χ0n) is 19.5. The van der Waals surface area contributed by atoms with E-state index in [4.69, 9.17) is 11.1 Å². The maximum Gasteiger partial charge on any atom is 0.305 e. The number of carboxylic acids is 1. The number of carbonyl (C=O) groups excluding carboxylic acids is 2. The van der Waals surface area contributed by atoms with E-state index in [1.54, 1.807) is 47.4 Å². The molecule has 3 aromatic rings. The van der Waals surface area contributed by atoms with Gasteiger partial charge in [0.1, 0.15) is 5.84 Å². The third kappa shape index (κ3) is 5.87. The lowest BCUT2D eigenvalue weighted by atomic mass is 10.1. The fourth-order valence-corrected chi connectivity index (χ4v) is 4.15. The fourth-order valence-electron chi connectivity index (χ4n) is 4.15. The number of amides is 2. The number of anilines is 2. The van der Waals surface area contributed by atoms with Gasteiger partial charge in [0.15, 0.2) is 0 Å². The van der Waals surface area contributed by atoms with Crippen molar-refractivity contribution in [3.8, 4) is 0 Å². The fraction of sp³-hybridized carbons (Fsp3) is 0.185. The van der Waals surface area contributed by atoms with Crippen molar-refractivity contribution in [2.45, 2.75) is 18.9 Å². The Labute approximate surface area is 208 Å². The van der Waals surface area contributed by atoms with Crippen molar-refractivity contribution in [1.82, 2.24) is 4.90 Å². The predicted octanol–water partition coefficient (Wildman–Crippen LogP) is 3.18. The molecule has 2 amide bonds. The van der Waals surface area contributed by atoms with E-state index in [1.807, 2.05) is 30.3 Å². The van der Waals surface area contributed by atoms with Gasteiger partial charge in [-0.15, -0.1) is 0 Å². The Bertz CT molecular complexity index is 1290. The van der Waals surface area contributed by atoms with E-state index in [0.29, 0.717) is 41.0 Å². The minimum Gasteiger partial charge on any atom is -0.481 e. The first kappa shape index (κ1) is 24.5. The van der Waals surface area contributed by atoms with E-state index >= 15 is 0 Å². The van der Waals surface area contributed by atoms with E-state index < -0.39 is 12.0 Å². The largest absolute Gasteiger partial charge is 0.481 e. The van der Waals surface area contributed by atoms with Crippen LogP contribution >= 0.6 is 0 Å². The van der Waals surface area contributed by atoms with Crippen molar-refractivity contribution in [2.75, 3.05) is 23.7 Å². The summed E-state index contributed by atoms with van der Waals surface area (Å²) in [6.07, 6.45) is 0.492. The van der Waals surface area contributed by atoms with Crippen LogP contribution in [0.2, 0.25) is 0 Å². The van der Waals surface area contributed by atoms with Crippen molar-refractivity contribution in [1.29, 1.82) is 5.41 Å². The molecule has 0 aromatic heterocycles. The Morgan fingerprint density at radius 1 is 1.06 bits per heavy atom. The van der Waals surface area contributed by atoms with Crippen molar-refractivity contribution in [3.05, 3.63) is 95.1 Å². The molecule has 1 unspecified atom stereocenters. The first-order chi connectivity index (χ1) is 17.3. The monoisotopic (exact) mass is 485 g/mol. The Morgan fingerprint density at radius 3 is 2.42 bits per heavy atom. The average molecular weight is 486 g/mol. The summed E-state index contributed by atoms with van der Waals surface area (Å²) in [5.41, 5.74) is 8.79. The van der Waals surface area contributed by atoms with Crippen molar-refractivity contribution in [3.63, 3.8) is 0 Å². The Morgan fingerprint density at radius 2 is 1.75 bits per heavy atom. The quantitative estimate of drug-likeness (QED) is 0.244. The molecule has 0 radical (unpaired) electrons. The van der Waals surface area contributed by atoms with Crippen LogP contribution in [0.5, 0.6) is 0 Å². The molecule has 0 bridgehead atoms. The topological polar surface area (TPSA) is 149 Å². The number of fused-ring (bicyclic) bond motifs is 1. The average Bonchev–Trinajstić information content (AvgIpc) is 2.98. The highest BCUT2D eigenvalue weighted by molar-refractivity contribution is 6.06. The first-order valence-corrected chi connectivity index (χ1v) is 11.5. The van der Waals surface area contributed by atoms with E-state index in [0.717, 1.165) is 5.56 Å². The summed E-state index contributed by atoms with van der Waals surface area (Å²) in [6.45, 7) is 0.700. The number of amidine groups is 1. The molecule has 36 heavy (non-hydrogen) atoms. The van der Waals surface area contributed by atoms with E-state index in [2.05, 4.69) is 10.6 Å². The second-order valence-corrected chi connectivity index (χ2v) is 8.63. The van der Waals surface area contributed by atoms with Gasteiger partial charge < -0.3 is 26.4 Å². The van der Waals surface area contributed by atoms with Crippen molar-refractivity contribution in [2.24, 2.45) is 5.73 Å². The number of nitrogens with one attached hydrogen (secondary N) is 3. The van der Waals surface area contributed by atoms with Crippen molar-refractivity contribution < 1.29 is 19.5 Å². The van der Waals surface area contributed by atoms with Crippen LogP contribution in [0.1, 0.15) is 38.3 Å². The highest BCUT2D eigenvalue weighted by Gasteiger charge is 2.28. The van der Waals surface area contributed by atoms with Gasteiger partial charge in [-0.3, -0.25) is 19.8 Å². The number of nitrogen functional groups attached to an aromatic ring is 1. The molecule has 0 saturated heterocycles. The number of carbonyl (C=O) groups is 3. The van der Waals surface area contributed by atoms with Crippen LogP contribution in [0.15, 0.2) is 72.8 Å². The predicted molar refractivity (Wildman–Crippen MR) is 138 cm³/mol. The van der Waals surface area contributed by atoms with Crippen LogP contribution in [0.3, 0.4) is 0 Å². The molecule has 0 saturated carbocycles. The van der Waals surface area contributed by atoms with Gasteiger partial charge in [-0.2, -0.15) is 0 Å². The maximum absolute atomic E-state index is 13.4. The minimum absolute atomic E-state index is 0.0859. The van der Waals surface area contributed by atoms with E-state index in [1.165, 1.54) is 0 Å². The molecule has 1 aliphatic rings. The maximum atomic E-state index is 13.4. The zero-order valence-corrected chi connectivity index (χ0v) is 19.5. The number of hydrogen-bond donors (Lipinski definition) is 5. The second-order valence-electron chi connectivity index (χ2n) is 8.63. The number of benzene rings is 3. The van der Waals surface area contributed by atoms with Gasteiger partial charge in [0, 0.05) is 35.6 Å². The number of nitrogens with zero attached hydrogens (tertiary/aromatic N) is 1. The van der Waals surface area contributed by atoms with Crippen LogP contribution < -0.4 is 16.4 Å². The lowest BCUT2D eigenvalue weighted by Crippen LogP contribution is -2.39. The minimum atomic E-state index is -0.968. The van der Waals surface area contributed by atoms with Gasteiger partial charge in [-0.1, -0.05) is 42.5 Å². The molecule has 0 fully saturated rings. The van der Waals surface area contributed by atoms with Crippen LogP contribution in [0, 0.1) is 5.41 Å². The molecule has 1 atom stereocenters. The third-order valence-corrected chi connectivity index (χ3v) is 5.99. The molecule has 1 aliphatic heterocycles. The molecule has 3 aromatic carbocycles. The molecular formula is C27H27N5O4. The molecule has 6 N–H and O–H groups in total. The summed E-state index contributed by atoms with van der Waals surface area (Å²) < 4.78 is 0. The Hall–Kier alpha value is -4.66. The molecule has 4 rings (SSSR count). The molecule has 9 heteroatoms. The van der Waals surface area contributed by atoms with Gasteiger partial charge in [0.25, 0.3) is 11.8 Å². The van der Waals surface area contributed by atoms with E-state index in [-0.39, 0.29) is 30.6 Å². The lowest BCUT2D eigenvalue weighted by molar-refractivity contribution is -0.137. The summed E-state index contributed by atoms with van der Waals surface area (Å²) in [7, 11) is 0. The summed E-state index contributed by atoms with van der Waals surface area (Å²) in [6, 6.07) is 20.6. The van der Waals surface area contributed by atoms with Gasteiger partial charge >= 0.3 is 5.97 Å². The number of nitrogens with two attached hydrogens (primary N) is 1. The van der Waals surface area contributed by atoms with Crippen LogP contribution in [0.4, 0.5) is 11.4 Å². The summed E-state index contributed by atoms with van der Waals surface area (Å²) in [4.78, 5) is 39.2. The van der Waals surface area contributed by atoms with Gasteiger partial charge in [-0.05, 0) is 42.3 Å². The molecule has 0 aliphatic carbocycles. The second kappa shape index (κ2) is 10.7. The third-order valence-electron chi connectivity index (χ3n) is 5.99. The highest BCUT2D eigenvalue weighted by Crippen LogP contribution is 2.27. The number of hydrogen-bond acceptors (Lipinski definition) is 5. The summed E-state index contributed by atoms with van der Waals surface area (Å²) >= 11 is 0. The normalized spacial score (nSPS) is 14.8. The van der Waals surface area contributed by atoms with Gasteiger partial charge in [-0.25, -0.2) is 0 Å². The first-order valence-electron chi connectivity index (χ1n) is 11.5. The highest BCUT2D eigenvalue weighted by atomic mass is 16.4. The molecule has 0 spiro atoms. The van der Waals surface area contributed by atoms with Gasteiger partial charge in [0.05, 0.1) is 18.0 Å². The van der Waals surface area contributed by atoms with Crippen LogP contribution in [-0.2, 0) is 11.2 Å². The van der Waals surface area contributed by atoms with Gasteiger partial charge in [0.2, 0.25) is 0 Å².